The summed E-state index contributed by atoms with van der Waals surface area (Å²) in [6, 6.07) is 3.43. The fraction of sp³-hybridized carbons (Fsp3) is 0.615. The highest BCUT2D eigenvalue weighted by Gasteiger charge is 2.13. The number of nitrogens with two attached hydrogens (primary N) is 1. The highest BCUT2D eigenvalue weighted by Crippen LogP contribution is 2.20. The molecule has 1 aromatic rings. The van der Waals surface area contributed by atoms with Crippen LogP contribution in [0.2, 0.25) is 5.15 Å². The normalized spacial score (nSPS) is 16.7. The molecule has 18 heavy (non-hydrogen) atoms. The second-order valence-corrected chi connectivity index (χ2v) is 5.02. The Morgan fingerprint density at radius 1 is 1.33 bits per heavy atom. The summed E-state index contributed by atoms with van der Waals surface area (Å²) in [6.45, 7) is 1.38. The van der Waals surface area contributed by atoms with E-state index in [9.17, 15) is 0 Å². The van der Waals surface area contributed by atoms with Crippen molar-refractivity contribution in [3.8, 4) is 0 Å². The summed E-state index contributed by atoms with van der Waals surface area (Å²) in [5, 5.41) is 3.59. The van der Waals surface area contributed by atoms with Gasteiger partial charge in [-0.1, -0.05) is 30.9 Å². The average Bonchev–Trinajstić information content (AvgIpc) is 2.40. The van der Waals surface area contributed by atoms with Crippen molar-refractivity contribution in [2.24, 2.45) is 0 Å². The van der Waals surface area contributed by atoms with E-state index in [1.54, 1.807) is 12.1 Å². The summed E-state index contributed by atoms with van der Waals surface area (Å²) in [5.41, 5.74) is 6.40. The van der Waals surface area contributed by atoms with Crippen molar-refractivity contribution in [2.75, 3.05) is 24.2 Å². The highest BCUT2D eigenvalue weighted by molar-refractivity contribution is 6.29. The lowest BCUT2D eigenvalue weighted by Crippen LogP contribution is -2.21. The number of halogens is 1. The molecular weight excluding hydrogens is 250 g/mol. The van der Waals surface area contributed by atoms with Crippen LogP contribution in [0.25, 0.3) is 0 Å². The third kappa shape index (κ3) is 4.03. The molecule has 0 saturated heterocycles. The van der Waals surface area contributed by atoms with Crippen LogP contribution in [0.4, 0.5) is 11.5 Å². The first-order valence-corrected chi connectivity index (χ1v) is 6.91. The van der Waals surface area contributed by atoms with Gasteiger partial charge in [-0.15, -0.1) is 0 Å². The second kappa shape index (κ2) is 6.81. The molecule has 1 aliphatic rings. The van der Waals surface area contributed by atoms with Crippen LogP contribution in [-0.4, -0.2) is 24.2 Å². The first kappa shape index (κ1) is 13.4. The molecule has 1 saturated carbocycles. The Labute approximate surface area is 113 Å². The summed E-state index contributed by atoms with van der Waals surface area (Å²) in [4.78, 5) is 4.13. The molecule has 100 valence electrons. The van der Waals surface area contributed by atoms with Crippen LogP contribution in [0.15, 0.2) is 12.1 Å². The molecule has 3 N–H and O–H groups in total. The minimum absolute atomic E-state index is 0.435. The molecule has 4 nitrogen and oxygen atoms in total. The summed E-state index contributed by atoms with van der Waals surface area (Å²) in [5.74, 6) is 0.634. The number of nitrogen functional groups attached to an aromatic ring is 1. The summed E-state index contributed by atoms with van der Waals surface area (Å²) in [6.07, 6.45) is 6.75. The van der Waals surface area contributed by atoms with E-state index >= 15 is 0 Å². The van der Waals surface area contributed by atoms with Gasteiger partial charge in [-0.2, -0.15) is 0 Å². The minimum Gasteiger partial charge on any atom is -0.396 e. The Morgan fingerprint density at radius 3 is 2.89 bits per heavy atom. The van der Waals surface area contributed by atoms with Crippen molar-refractivity contribution in [3.63, 3.8) is 0 Å². The molecule has 0 spiro atoms. The number of anilines is 2. The summed E-state index contributed by atoms with van der Waals surface area (Å²) in [7, 11) is 0. The molecule has 0 unspecified atom stereocenters. The second-order valence-electron chi connectivity index (χ2n) is 4.63. The molecule has 0 bridgehead atoms. The number of ether oxygens (including phenoxy) is 1. The Balaban J connectivity index is 1.69. The molecule has 1 aromatic heterocycles. The maximum absolute atomic E-state index is 5.81. The Hall–Kier alpha value is -1.00. The largest absolute Gasteiger partial charge is 0.396 e. The molecule has 0 aromatic carbocycles. The molecule has 1 heterocycles. The van der Waals surface area contributed by atoms with Crippen LogP contribution in [0, 0.1) is 0 Å². The van der Waals surface area contributed by atoms with Crippen molar-refractivity contribution in [1.82, 2.24) is 4.98 Å². The lowest BCUT2D eigenvalue weighted by Gasteiger charge is -2.22. The zero-order valence-electron chi connectivity index (χ0n) is 10.5. The Morgan fingerprint density at radius 2 is 2.11 bits per heavy atom. The Bertz CT molecular complexity index is 380. The molecule has 1 aliphatic carbocycles. The van der Waals surface area contributed by atoms with E-state index in [2.05, 4.69) is 10.3 Å². The quantitative estimate of drug-likeness (QED) is 0.637. The van der Waals surface area contributed by atoms with E-state index in [1.807, 2.05) is 0 Å². The molecule has 5 heteroatoms. The molecule has 0 radical (unpaired) electrons. The number of rotatable bonds is 5. The van der Waals surface area contributed by atoms with E-state index in [0.29, 0.717) is 35.9 Å². The Kier molecular flexibility index (Phi) is 5.08. The van der Waals surface area contributed by atoms with Crippen LogP contribution < -0.4 is 11.1 Å². The van der Waals surface area contributed by atoms with Crippen LogP contribution in [-0.2, 0) is 4.74 Å². The average molecular weight is 270 g/mol. The van der Waals surface area contributed by atoms with Gasteiger partial charge in [0.25, 0.3) is 0 Å². The topological polar surface area (TPSA) is 60.2 Å². The summed E-state index contributed by atoms with van der Waals surface area (Å²) < 4.78 is 5.81. The van der Waals surface area contributed by atoms with Gasteiger partial charge < -0.3 is 15.8 Å². The van der Waals surface area contributed by atoms with Crippen LogP contribution >= 0.6 is 11.6 Å². The number of nitrogens with zero attached hydrogens (tertiary/aromatic N) is 1. The first-order valence-electron chi connectivity index (χ1n) is 6.53. The van der Waals surface area contributed by atoms with E-state index in [1.165, 1.54) is 32.1 Å². The van der Waals surface area contributed by atoms with Gasteiger partial charge >= 0.3 is 0 Å². The maximum Gasteiger partial charge on any atom is 0.151 e. The third-order valence-corrected chi connectivity index (χ3v) is 3.40. The summed E-state index contributed by atoms with van der Waals surface area (Å²) >= 11 is 5.81. The van der Waals surface area contributed by atoms with Crippen molar-refractivity contribution in [2.45, 2.75) is 38.2 Å². The number of nitrogens with one attached hydrogen (secondary N) is 1. The number of hydrogen-bond donors (Lipinski definition) is 2. The van der Waals surface area contributed by atoms with Crippen molar-refractivity contribution in [1.29, 1.82) is 0 Å². The van der Waals surface area contributed by atoms with Gasteiger partial charge in [0.1, 0.15) is 5.15 Å². The molecule has 0 aliphatic heterocycles. The van der Waals surface area contributed by atoms with Gasteiger partial charge in [-0.25, -0.2) is 4.98 Å². The van der Waals surface area contributed by atoms with E-state index in [4.69, 9.17) is 22.1 Å². The first-order chi connectivity index (χ1) is 8.75. The van der Waals surface area contributed by atoms with Gasteiger partial charge in [0.15, 0.2) is 5.82 Å². The fourth-order valence-corrected chi connectivity index (χ4v) is 2.36. The van der Waals surface area contributed by atoms with E-state index in [0.717, 1.165) is 0 Å². The predicted octanol–water partition coefficient (Wildman–Crippen LogP) is 3.08. The minimum atomic E-state index is 0.435. The number of aromatic nitrogens is 1. The van der Waals surface area contributed by atoms with Crippen LogP contribution in [0.1, 0.15) is 32.1 Å². The van der Waals surface area contributed by atoms with Gasteiger partial charge in [-0.05, 0) is 25.0 Å². The standard InChI is InChI=1S/C13H20ClN3O/c14-12-7-6-11(15)13(17-12)16-8-9-18-10-4-2-1-3-5-10/h6-7,10H,1-5,8-9,15H2,(H,16,17). The van der Waals surface area contributed by atoms with Gasteiger partial charge in [0, 0.05) is 6.54 Å². The van der Waals surface area contributed by atoms with Gasteiger partial charge in [0.05, 0.1) is 18.4 Å². The molecule has 1 fully saturated rings. The molecule has 0 atom stereocenters. The van der Waals surface area contributed by atoms with Crippen LogP contribution in [0.5, 0.6) is 0 Å². The highest BCUT2D eigenvalue weighted by atomic mass is 35.5. The van der Waals surface area contributed by atoms with E-state index in [-0.39, 0.29) is 0 Å². The zero-order valence-corrected chi connectivity index (χ0v) is 11.2. The van der Waals surface area contributed by atoms with Gasteiger partial charge in [-0.3, -0.25) is 0 Å². The lowest BCUT2D eigenvalue weighted by molar-refractivity contribution is 0.0347. The van der Waals surface area contributed by atoms with Crippen molar-refractivity contribution in [3.05, 3.63) is 17.3 Å². The van der Waals surface area contributed by atoms with Crippen LogP contribution in [0.3, 0.4) is 0 Å². The number of pyridine rings is 1. The van der Waals surface area contributed by atoms with Crippen molar-refractivity contribution < 1.29 is 4.74 Å². The van der Waals surface area contributed by atoms with Crippen molar-refractivity contribution >= 4 is 23.1 Å². The molecule has 2 rings (SSSR count). The molecule has 0 amide bonds. The van der Waals surface area contributed by atoms with Gasteiger partial charge in [0.2, 0.25) is 0 Å². The fourth-order valence-electron chi connectivity index (χ4n) is 2.21. The predicted molar refractivity (Wildman–Crippen MR) is 75.0 cm³/mol. The third-order valence-electron chi connectivity index (χ3n) is 3.19. The zero-order chi connectivity index (χ0) is 12.8. The van der Waals surface area contributed by atoms with E-state index < -0.39 is 0 Å². The maximum atomic E-state index is 5.81. The lowest BCUT2D eigenvalue weighted by atomic mass is 9.98. The smallest absolute Gasteiger partial charge is 0.151 e. The monoisotopic (exact) mass is 269 g/mol. The number of hydrogen-bond acceptors (Lipinski definition) is 4. The SMILES string of the molecule is Nc1ccc(Cl)nc1NCCOC1CCCCC1. The molecular formula is C13H20ClN3O.